The number of anilines is 6. The fourth-order valence-electron chi connectivity index (χ4n) is 10.1. The molecule has 12 aromatic rings. The van der Waals surface area contributed by atoms with Crippen molar-refractivity contribution < 1.29 is 19.7 Å². The predicted molar refractivity (Wildman–Crippen MR) is 375 cm³/mol. The molecule has 22 nitrogen and oxygen atoms in total. The monoisotopic (exact) mass is 1290 g/mol. The molecule has 9 aromatic heterocycles. The molecule has 9 N–H and O–H groups in total. The van der Waals surface area contributed by atoms with E-state index >= 15 is 0 Å². The number of aromatic nitrogens is 12. The van der Waals surface area contributed by atoms with Gasteiger partial charge >= 0.3 is 0 Å². The number of thiophene rings is 2. The molecule has 12 rings (SSSR count). The zero-order valence-electron chi connectivity index (χ0n) is 54.1. The quantitative estimate of drug-likeness (QED) is 0.0231. The molecular weight excluding hydrogens is 1210 g/mol. The molecule has 3 atom stereocenters. The van der Waals surface area contributed by atoms with E-state index in [4.69, 9.17) is 4.42 Å². The second-order valence-corrected chi connectivity index (χ2v) is 25.4. The summed E-state index contributed by atoms with van der Waals surface area (Å²) in [5, 5.41) is 66.3. The summed E-state index contributed by atoms with van der Waals surface area (Å²) in [4.78, 5) is 30.4. The Balaban J connectivity index is 0.000000153. The Kier molecular flexibility index (Phi) is 22.8. The first-order valence-electron chi connectivity index (χ1n) is 31.8. The van der Waals surface area contributed by atoms with Crippen LogP contribution >= 0.6 is 22.7 Å². The smallest absolute Gasteiger partial charge is 0.229 e. The first kappa shape index (κ1) is 66.6. The number of nitrogens with one attached hydrogen (secondary N) is 6. The molecule has 0 unspecified atom stereocenters. The second kappa shape index (κ2) is 31.8. The third-order valence-corrected chi connectivity index (χ3v) is 17.7. The Morgan fingerprint density at radius 2 is 0.753 bits per heavy atom. The van der Waals surface area contributed by atoms with Crippen molar-refractivity contribution in [1.29, 1.82) is 0 Å². The minimum absolute atomic E-state index is 0.0200. The van der Waals surface area contributed by atoms with E-state index in [9.17, 15) is 15.3 Å². The number of furan rings is 1. The molecule has 9 heterocycles. The van der Waals surface area contributed by atoms with Crippen LogP contribution in [0.5, 0.6) is 0 Å². The molecule has 0 saturated carbocycles. The summed E-state index contributed by atoms with van der Waals surface area (Å²) in [5.74, 6) is 5.01. The molecule has 0 saturated heterocycles. The summed E-state index contributed by atoms with van der Waals surface area (Å²) in [6, 6.07) is 37.2. The van der Waals surface area contributed by atoms with E-state index in [2.05, 4.69) is 214 Å². The molecule has 0 fully saturated rings. The van der Waals surface area contributed by atoms with Crippen molar-refractivity contribution in [3.8, 4) is 32.2 Å². The average Bonchev–Trinajstić information content (AvgIpc) is 1.77. The SMILES string of the molecule is CC[C@@H](CO)Nc1nc(NCc2ccc(-c3ccco3)cc2)n2ncc(C(C)C)c2n1.CC[C@@H](CO)Nc1nc(NCc2ccc(-c3cccs3)cc2)n2ncc(C(C)C)c2n1.CC[C@H](CO)Nc1nc(NCc2ccc(-c3cccs3)cc2)n2ncc(C(C)C)c2n1. The molecule has 0 radical (unpaired) electrons. The molecule has 0 amide bonds. The zero-order valence-corrected chi connectivity index (χ0v) is 55.8. The van der Waals surface area contributed by atoms with Crippen LogP contribution in [0.25, 0.3) is 49.1 Å². The highest BCUT2D eigenvalue weighted by atomic mass is 32.1. The lowest BCUT2D eigenvalue weighted by Crippen LogP contribution is -2.24. The Labute approximate surface area is 550 Å². The Morgan fingerprint density at radius 3 is 1.02 bits per heavy atom. The van der Waals surface area contributed by atoms with Gasteiger partial charge in [-0.15, -0.1) is 22.7 Å². The summed E-state index contributed by atoms with van der Waals surface area (Å²) >= 11 is 3.48. The lowest BCUT2D eigenvalue weighted by Gasteiger charge is -2.16. The van der Waals surface area contributed by atoms with Crippen molar-refractivity contribution >= 4 is 75.3 Å². The highest BCUT2D eigenvalue weighted by molar-refractivity contribution is 7.13. The number of hydrogen-bond acceptors (Lipinski definition) is 21. The Hall–Kier alpha value is -9.33. The summed E-state index contributed by atoms with van der Waals surface area (Å²) in [6.45, 7) is 20.7. The largest absolute Gasteiger partial charge is 0.464 e. The first-order valence-corrected chi connectivity index (χ1v) is 33.5. The average molecular weight is 1290 g/mol. The summed E-state index contributed by atoms with van der Waals surface area (Å²) in [7, 11) is 0. The van der Waals surface area contributed by atoms with Crippen LogP contribution in [0.4, 0.5) is 35.7 Å². The minimum Gasteiger partial charge on any atom is -0.464 e. The third-order valence-electron chi connectivity index (χ3n) is 15.8. The van der Waals surface area contributed by atoms with Gasteiger partial charge in [0.2, 0.25) is 35.7 Å². The number of fused-ring (bicyclic) bond motifs is 3. The Morgan fingerprint density at radius 1 is 0.419 bits per heavy atom. The molecular formula is C69H84N18O4S2. The first-order chi connectivity index (χ1) is 45.3. The van der Waals surface area contributed by atoms with Crippen molar-refractivity contribution in [1.82, 2.24) is 58.7 Å². The van der Waals surface area contributed by atoms with Crippen molar-refractivity contribution in [2.75, 3.05) is 51.7 Å². The molecule has 0 aliphatic carbocycles. The lowest BCUT2D eigenvalue weighted by atomic mass is 10.1. The van der Waals surface area contributed by atoms with Crippen molar-refractivity contribution in [3.63, 3.8) is 0 Å². The molecule has 486 valence electrons. The van der Waals surface area contributed by atoms with E-state index < -0.39 is 0 Å². The number of aliphatic hydroxyl groups excluding tert-OH is 3. The van der Waals surface area contributed by atoms with Crippen LogP contribution in [0.1, 0.15) is 133 Å². The fraction of sp³-hybridized carbons (Fsp3) is 0.348. The topological polar surface area (TPSA) is 275 Å². The number of hydrogen-bond donors (Lipinski definition) is 9. The molecule has 0 spiro atoms. The highest BCUT2D eigenvalue weighted by Gasteiger charge is 2.21. The number of nitrogens with zero attached hydrogens (tertiary/aromatic N) is 12. The van der Waals surface area contributed by atoms with Gasteiger partial charge in [0.1, 0.15) is 5.76 Å². The van der Waals surface area contributed by atoms with E-state index in [-0.39, 0.29) is 55.7 Å². The normalized spacial score (nSPS) is 12.4. The standard InChI is InChI=1S/C23H28N6O2.2C23H28N6OS/c3*1-4-18(14-30)26-22-27-21-19(15(2)3)13-25-29(21)23(28-22)24-12-16-7-9-17(10-8-16)20-6-5-11-31-20/h3*5-11,13,15,18,30H,4,12,14H2,1-3H3,(H2,24,26,27,28)/t3*18-/m010/s1. The van der Waals surface area contributed by atoms with Crippen LogP contribution in [0.2, 0.25) is 0 Å². The van der Waals surface area contributed by atoms with Gasteiger partial charge in [-0.3, -0.25) is 0 Å². The summed E-state index contributed by atoms with van der Waals surface area (Å²) < 4.78 is 10.7. The number of benzene rings is 3. The van der Waals surface area contributed by atoms with E-state index in [1.165, 1.54) is 20.9 Å². The summed E-state index contributed by atoms with van der Waals surface area (Å²) in [6.07, 6.45) is 9.54. The molecule has 0 bridgehead atoms. The van der Waals surface area contributed by atoms with Crippen LogP contribution in [0.3, 0.4) is 0 Å². The van der Waals surface area contributed by atoms with Gasteiger partial charge in [-0.25, -0.2) is 0 Å². The molecule has 93 heavy (non-hydrogen) atoms. The molecule has 0 aliphatic heterocycles. The minimum atomic E-state index is -0.102. The molecule has 24 heteroatoms. The van der Waals surface area contributed by atoms with Gasteiger partial charge in [0.05, 0.1) is 62.8 Å². The van der Waals surface area contributed by atoms with Crippen LogP contribution in [-0.2, 0) is 19.6 Å². The maximum Gasteiger partial charge on any atom is 0.229 e. The highest BCUT2D eigenvalue weighted by Crippen LogP contribution is 2.30. The van der Waals surface area contributed by atoms with Crippen LogP contribution in [-0.4, -0.2) is 112 Å². The van der Waals surface area contributed by atoms with Crippen LogP contribution in [0.15, 0.2) is 149 Å². The van der Waals surface area contributed by atoms with Crippen molar-refractivity contribution in [3.05, 3.63) is 178 Å². The number of rotatable bonds is 27. The van der Waals surface area contributed by atoms with E-state index in [1.807, 2.05) is 63.6 Å². The van der Waals surface area contributed by atoms with Gasteiger partial charge in [0, 0.05) is 51.6 Å². The van der Waals surface area contributed by atoms with E-state index in [0.29, 0.717) is 55.3 Å². The van der Waals surface area contributed by atoms with Gasteiger partial charge in [-0.2, -0.15) is 58.7 Å². The van der Waals surface area contributed by atoms with Gasteiger partial charge in [0.25, 0.3) is 0 Å². The van der Waals surface area contributed by atoms with Gasteiger partial charge < -0.3 is 51.6 Å². The van der Waals surface area contributed by atoms with Crippen LogP contribution in [0, 0.1) is 0 Å². The third kappa shape index (κ3) is 16.7. The van der Waals surface area contributed by atoms with Crippen molar-refractivity contribution in [2.24, 2.45) is 0 Å². The second-order valence-electron chi connectivity index (χ2n) is 23.5. The molecule has 3 aromatic carbocycles. The number of aliphatic hydroxyl groups is 3. The maximum absolute atomic E-state index is 9.57. The zero-order chi connectivity index (χ0) is 65.4. The van der Waals surface area contributed by atoms with E-state index in [0.717, 1.165) is 80.9 Å². The van der Waals surface area contributed by atoms with Crippen molar-refractivity contribution in [2.45, 2.75) is 137 Å². The predicted octanol–water partition coefficient (Wildman–Crippen LogP) is 13.8. The molecule has 0 aliphatic rings. The Bertz CT molecular complexity index is 3780. The summed E-state index contributed by atoms with van der Waals surface area (Å²) in [5.41, 5.74) is 12.4. The maximum atomic E-state index is 9.57. The van der Waals surface area contributed by atoms with Gasteiger partial charge in [0.15, 0.2) is 16.9 Å². The van der Waals surface area contributed by atoms with E-state index in [1.54, 1.807) is 42.5 Å². The van der Waals surface area contributed by atoms with Gasteiger partial charge in [-0.1, -0.05) is 147 Å². The van der Waals surface area contributed by atoms with Gasteiger partial charge in [-0.05, 0) is 99.9 Å². The van der Waals surface area contributed by atoms with Crippen LogP contribution < -0.4 is 31.9 Å². The fourth-order valence-corrected chi connectivity index (χ4v) is 11.5. The lowest BCUT2D eigenvalue weighted by molar-refractivity contribution is 0.271.